The molecule has 98 valence electrons. The van der Waals surface area contributed by atoms with Gasteiger partial charge in [0.25, 0.3) is 0 Å². The number of nitrogens with two attached hydrogens (primary N) is 1. The van der Waals surface area contributed by atoms with Crippen molar-refractivity contribution >= 4 is 5.97 Å². The first-order valence-electron chi connectivity index (χ1n) is 6.19. The largest absolute Gasteiger partial charge is 0.465 e. The van der Waals surface area contributed by atoms with Gasteiger partial charge in [-0.25, -0.2) is 4.79 Å². The van der Waals surface area contributed by atoms with Gasteiger partial charge >= 0.3 is 5.97 Å². The summed E-state index contributed by atoms with van der Waals surface area (Å²) in [6, 6.07) is 7.51. The van der Waals surface area contributed by atoms with Crippen LogP contribution in [0.3, 0.4) is 0 Å². The van der Waals surface area contributed by atoms with Crippen LogP contribution in [0.2, 0.25) is 0 Å². The molecule has 0 spiro atoms. The summed E-state index contributed by atoms with van der Waals surface area (Å²) in [6.07, 6.45) is 1.92. The number of esters is 1. The number of hydrogen-bond acceptors (Lipinski definition) is 4. The minimum atomic E-state index is -0.323. The molecule has 1 aliphatic heterocycles. The molecule has 2 N–H and O–H groups in total. The van der Waals surface area contributed by atoms with E-state index in [1.807, 2.05) is 19.1 Å². The first-order valence-corrected chi connectivity index (χ1v) is 6.19. The number of ether oxygens (including phenoxy) is 2. The molecule has 1 aromatic carbocycles. The predicted molar refractivity (Wildman–Crippen MR) is 68.3 cm³/mol. The molecule has 0 aliphatic carbocycles. The Labute approximate surface area is 107 Å². The zero-order valence-electron chi connectivity index (χ0n) is 10.8. The highest BCUT2D eigenvalue weighted by Gasteiger charge is 2.25. The lowest BCUT2D eigenvalue weighted by Gasteiger charge is -2.32. The van der Waals surface area contributed by atoms with Crippen LogP contribution in [0.5, 0.6) is 0 Å². The molecule has 1 saturated heterocycles. The fourth-order valence-corrected chi connectivity index (χ4v) is 2.36. The molecule has 1 heterocycles. The quantitative estimate of drug-likeness (QED) is 0.815. The first kappa shape index (κ1) is 13.1. The van der Waals surface area contributed by atoms with Crippen LogP contribution >= 0.6 is 0 Å². The van der Waals surface area contributed by atoms with Crippen LogP contribution in [-0.4, -0.2) is 25.2 Å². The molecular weight excluding hydrogens is 230 g/mol. The highest BCUT2D eigenvalue weighted by molar-refractivity contribution is 5.89. The molecule has 0 amide bonds. The summed E-state index contributed by atoms with van der Waals surface area (Å²) >= 11 is 0. The first-order chi connectivity index (χ1) is 8.60. The molecule has 1 fully saturated rings. The van der Waals surface area contributed by atoms with Gasteiger partial charge in [-0.1, -0.05) is 12.1 Å². The van der Waals surface area contributed by atoms with Crippen molar-refractivity contribution in [3.63, 3.8) is 0 Å². The Bertz CT molecular complexity index is 406. The molecule has 0 radical (unpaired) electrons. The van der Waals surface area contributed by atoms with Gasteiger partial charge in [-0.2, -0.15) is 0 Å². The van der Waals surface area contributed by atoms with Crippen LogP contribution in [0, 0.1) is 0 Å². The van der Waals surface area contributed by atoms with Crippen molar-refractivity contribution in [3.8, 4) is 0 Å². The van der Waals surface area contributed by atoms with E-state index in [1.165, 1.54) is 7.11 Å². The molecule has 0 bridgehead atoms. The van der Waals surface area contributed by atoms with Gasteiger partial charge in [-0.3, -0.25) is 0 Å². The average molecular weight is 249 g/mol. The van der Waals surface area contributed by atoms with Gasteiger partial charge in [-0.05, 0) is 37.5 Å². The summed E-state index contributed by atoms with van der Waals surface area (Å²) < 4.78 is 10.5. The number of carbonyl (C=O) groups is 1. The molecule has 1 aromatic rings. The second-order valence-electron chi connectivity index (χ2n) is 4.78. The topological polar surface area (TPSA) is 61.5 Å². The zero-order chi connectivity index (χ0) is 13.1. The molecule has 3 atom stereocenters. The molecule has 0 aromatic heterocycles. The number of methoxy groups -OCH3 is 1. The monoisotopic (exact) mass is 249 g/mol. The standard InChI is InChI=1S/C14H19NO3/c1-9-7-12(15)8-13(18-9)10-3-5-11(6-4-10)14(16)17-2/h3-6,9,12-13H,7-8,15H2,1-2H3/t9-,12?,13-/m1/s1. The zero-order valence-corrected chi connectivity index (χ0v) is 10.8. The van der Waals surface area contributed by atoms with Crippen molar-refractivity contribution in [1.82, 2.24) is 0 Å². The maximum atomic E-state index is 11.3. The van der Waals surface area contributed by atoms with Gasteiger partial charge in [0.2, 0.25) is 0 Å². The van der Waals surface area contributed by atoms with Gasteiger partial charge in [0.1, 0.15) is 0 Å². The van der Waals surface area contributed by atoms with Crippen LogP contribution in [0.4, 0.5) is 0 Å². The minimum absolute atomic E-state index is 0.0236. The van der Waals surface area contributed by atoms with E-state index < -0.39 is 0 Å². The van der Waals surface area contributed by atoms with Crippen molar-refractivity contribution in [2.45, 2.75) is 38.0 Å². The highest BCUT2D eigenvalue weighted by Crippen LogP contribution is 2.30. The number of rotatable bonds is 2. The second kappa shape index (κ2) is 5.50. The molecule has 1 aliphatic rings. The molecular formula is C14H19NO3. The highest BCUT2D eigenvalue weighted by atomic mass is 16.5. The lowest BCUT2D eigenvalue weighted by Crippen LogP contribution is -2.35. The second-order valence-corrected chi connectivity index (χ2v) is 4.78. The fourth-order valence-electron chi connectivity index (χ4n) is 2.36. The van der Waals surface area contributed by atoms with Crippen LogP contribution in [-0.2, 0) is 9.47 Å². The molecule has 0 saturated carbocycles. The number of benzene rings is 1. The Kier molecular flexibility index (Phi) is 3.99. The van der Waals surface area contributed by atoms with E-state index in [2.05, 4.69) is 4.74 Å². The van der Waals surface area contributed by atoms with Gasteiger partial charge in [0.05, 0.1) is 24.9 Å². The smallest absolute Gasteiger partial charge is 0.337 e. The Morgan fingerprint density at radius 1 is 1.33 bits per heavy atom. The van der Waals surface area contributed by atoms with Crippen LogP contribution in [0.1, 0.15) is 41.8 Å². The van der Waals surface area contributed by atoms with Gasteiger partial charge < -0.3 is 15.2 Å². The average Bonchev–Trinajstić information content (AvgIpc) is 2.37. The van der Waals surface area contributed by atoms with Crippen molar-refractivity contribution in [3.05, 3.63) is 35.4 Å². The Morgan fingerprint density at radius 2 is 2.00 bits per heavy atom. The van der Waals surface area contributed by atoms with E-state index in [4.69, 9.17) is 10.5 Å². The SMILES string of the molecule is COC(=O)c1ccc([C@H]2CC(N)C[C@@H](C)O2)cc1. The van der Waals surface area contributed by atoms with Crippen LogP contribution in [0.25, 0.3) is 0 Å². The molecule has 18 heavy (non-hydrogen) atoms. The van der Waals surface area contributed by atoms with Crippen LogP contribution in [0.15, 0.2) is 24.3 Å². The van der Waals surface area contributed by atoms with Crippen molar-refractivity contribution < 1.29 is 14.3 Å². The summed E-state index contributed by atoms with van der Waals surface area (Å²) in [5.41, 5.74) is 7.61. The summed E-state index contributed by atoms with van der Waals surface area (Å²) in [7, 11) is 1.38. The normalized spacial score (nSPS) is 27.8. The van der Waals surface area contributed by atoms with Crippen LogP contribution < -0.4 is 5.73 Å². The van der Waals surface area contributed by atoms with E-state index in [1.54, 1.807) is 12.1 Å². The van der Waals surface area contributed by atoms with Gasteiger partial charge in [-0.15, -0.1) is 0 Å². The molecule has 4 heteroatoms. The van der Waals surface area contributed by atoms with Gasteiger partial charge in [0, 0.05) is 6.04 Å². The molecule has 2 rings (SSSR count). The van der Waals surface area contributed by atoms with Crippen molar-refractivity contribution in [2.24, 2.45) is 5.73 Å². The van der Waals surface area contributed by atoms with E-state index in [-0.39, 0.29) is 24.2 Å². The van der Waals surface area contributed by atoms with E-state index in [9.17, 15) is 4.79 Å². The predicted octanol–water partition coefficient (Wildman–Crippen LogP) is 2.04. The summed E-state index contributed by atoms with van der Waals surface area (Å²) in [6.45, 7) is 2.04. The third kappa shape index (κ3) is 2.89. The number of hydrogen-bond donors (Lipinski definition) is 1. The van der Waals surface area contributed by atoms with Crippen molar-refractivity contribution in [2.75, 3.05) is 7.11 Å². The molecule has 4 nitrogen and oxygen atoms in total. The fraction of sp³-hybridized carbons (Fsp3) is 0.500. The summed E-state index contributed by atoms with van der Waals surface area (Å²) in [4.78, 5) is 11.3. The minimum Gasteiger partial charge on any atom is -0.465 e. The maximum absolute atomic E-state index is 11.3. The van der Waals surface area contributed by atoms with Crippen molar-refractivity contribution in [1.29, 1.82) is 0 Å². The lowest BCUT2D eigenvalue weighted by molar-refractivity contribution is -0.0486. The van der Waals surface area contributed by atoms with Gasteiger partial charge in [0.15, 0.2) is 0 Å². The Hall–Kier alpha value is -1.39. The van der Waals surface area contributed by atoms with E-state index in [0.717, 1.165) is 18.4 Å². The molecule has 1 unspecified atom stereocenters. The number of carbonyl (C=O) groups excluding carboxylic acids is 1. The third-order valence-corrected chi connectivity index (χ3v) is 3.25. The van der Waals surface area contributed by atoms with E-state index in [0.29, 0.717) is 5.56 Å². The Morgan fingerprint density at radius 3 is 2.56 bits per heavy atom. The van der Waals surface area contributed by atoms with E-state index >= 15 is 0 Å². The lowest BCUT2D eigenvalue weighted by atomic mass is 9.95. The maximum Gasteiger partial charge on any atom is 0.337 e. The summed E-state index contributed by atoms with van der Waals surface area (Å²) in [5.74, 6) is -0.323. The summed E-state index contributed by atoms with van der Waals surface area (Å²) in [5, 5.41) is 0. The Balaban J connectivity index is 2.11. The third-order valence-electron chi connectivity index (χ3n) is 3.25.